The van der Waals surface area contributed by atoms with E-state index in [9.17, 15) is 9.90 Å². The highest BCUT2D eigenvalue weighted by atomic mass is 19.1. The maximum absolute atomic E-state index is 15.3. The van der Waals surface area contributed by atoms with Crippen LogP contribution in [0.2, 0.25) is 0 Å². The molecule has 0 radical (unpaired) electrons. The van der Waals surface area contributed by atoms with Crippen LogP contribution in [0.3, 0.4) is 0 Å². The number of nitrogens with two attached hydrogens (primary N) is 1. The van der Waals surface area contributed by atoms with Gasteiger partial charge in [-0.3, -0.25) is 4.79 Å². The summed E-state index contributed by atoms with van der Waals surface area (Å²) in [7, 11) is 0. The lowest BCUT2D eigenvalue weighted by molar-refractivity contribution is -0.136. The summed E-state index contributed by atoms with van der Waals surface area (Å²) in [4.78, 5) is 13.8. The van der Waals surface area contributed by atoms with E-state index in [2.05, 4.69) is 4.90 Å². The van der Waals surface area contributed by atoms with E-state index >= 15 is 4.39 Å². The third kappa shape index (κ3) is 3.82. The van der Waals surface area contributed by atoms with Crippen molar-refractivity contribution in [2.24, 2.45) is 5.73 Å². The third-order valence-electron chi connectivity index (χ3n) is 6.87. The Morgan fingerprint density at radius 3 is 2.66 bits per heavy atom. The van der Waals surface area contributed by atoms with Crippen LogP contribution in [-0.2, 0) is 17.8 Å². The monoisotopic (exact) mass is 472 g/mol. The fourth-order valence-electron chi connectivity index (χ4n) is 5.03. The van der Waals surface area contributed by atoms with Gasteiger partial charge in [-0.2, -0.15) is 0 Å². The Bertz CT molecular complexity index is 1440. The molecule has 7 heteroatoms. The first kappa shape index (κ1) is 21.7. The number of hydrogen-bond acceptors (Lipinski definition) is 5. The first-order valence-corrected chi connectivity index (χ1v) is 11.8. The molecule has 0 bridgehead atoms. The van der Waals surface area contributed by atoms with E-state index in [0.29, 0.717) is 46.2 Å². The maximum atomic E-state index is 15.3. The molecular formula is C28H25FN2O4. The van der Waals surface area contributed by atoms with E-state index < -0.39 is 5.97 Å². The normalized spacial score (nSPS) is 17.3. The number of carbonyl (C=O) groups is 1. The zero-order valence-corrected chi connectivity index (χ0v) is 19.0. The van der Waals surface area contributed by atoms with Gasteiger partial charge >= 0.3 is 5.97 Å². The molecular weight excluding hydrogens is 447 g/mol. The van der Waals surface area contributed by atoms with E-state index in [-0.39, 0.29) is 24.9 Å². The first-order chi connectivity index (χ1) is 17.0. The average Bonchev–Trinajstić information content (AvgIpc) is 3.59. The molecule has 1 atom stereocenters. The van der Waals surface area contributed by atoms with Crippen molar-refractivity contribution in [3.8, 4) is 16.9 Å². The van der Waals surface area contributed by atoms with Gasteiger partial charge in [0, 0.05) is 40.2 Å². The van der Waals surface area contributed by atoms with Crippen molar-refractivity contribution < 1.29 is 23.4 Å². The standard InChI is InChI=1S/C28H25FN2O4/c29-26-18(14-30)4-1-5-21(26)22-12-19(11-17-9-10-34-27(17)22)24-15-31(20-7-8-20)23-6-2-3-16(13-25(32)33)28(23)35-24/h1-6,9-12,20,24H,7-8,13-15,30H2,(H,32,33)/t24-/m0/s1. The predicted octanol–water partition coefficient (Wildman–Crippen LogP) is 5.43. The maximum Gasteiger partial charge on any atom is 0.307 e. The van der Waals surface area contributed by atoms with E-state index in [0.717, 1.165) is 29.5 Å². The van der Waals surface area contributed by atoms with Crippen LogP contribution in [0.5, 0.6) is 5.75 Å². The van der Waals surface area contributed by atoms with Gasteiger partial charge in [-0.25, -0.2) is 4.39 Å². The lowest BCUT2D eigenvalue weighted by Gasteiger charge is -2.38. The van der Waals surface area contributed by atoms with Crippen molar-refractivity contribution in [3.63, 3.8) is 0 Å². The molecule has 2 heterocycles. The minimum atomic E-state index is -0.903. The van der Waals surface area contributed by atoms with Gasteiger partial charge in [0.05, 0.1) is 24.9 Å². The quantitative estimate of drug-likeness (QED) is 0.389. The van der Waals surface area contributed by atoms with Crippen molar-refractivity contribution in [1.29, 1.82) is 0 Å². The number of hydrogen-bond donors (Lipinski definition) is 2. The lowest BCUT2D eigenvalue weighted by Crippen LogP contribution is -2.37. The number of fused-ring (bicyclic) bond motifs is 2. The van der Waals surface area contributed by atoms with Crippen LogP contribution in [0.15, 0.2) is 65.3 Å². The topological polar surface area (TPSA) is 88.9 Å². The van der Waals surface area contributed by atoms with E-state index in [4.69, 9.17) is 14.9 Å². The van der Waals surface area contributed by atoms with Gasteiger partial charge in [-0.05, 0) is 42.7 Å². The van der Waals surface area contributed by atoms with Gasteiger partial charge < -0.3 is 24.9 Å². The number of rotatable bonds is 6. The molecule has 0 spiro atoms. The highest BCUT2D eigenvalue weighted by molar-refractivity contribution is 5.93. The van der Waals surface area contributed by atoms with Crippen molar-refractivity contribution in [2.45, 2.75) is 38.0 Å². The Morgan fingerprint density at radius 1 is 1.09 bits per heavy atom. The third-order valence-corrected chi connectivity index (χ3v) is 6.87. The van der Waals surface area contributed by atoms with Crippen molar-refractivity contribution >= 4 is 22.6 Å². The van der Waals surface area contributed by atoms with Gasteiger partial charge in [0.2, 0.25) is 0 Å². The highest BCUT2D eigenvalue weighted by Crippen LogP contribution is 2.46. The summed E-state index contributed by atoms with van der Waals surface area (Å²) in [5, 5.41) is 10.3. The number of carboxylic acids is 1. The molecule has 178 valence electrons. The molecule has 6 rings (SSSR count). The zero-order valence-electron chi connectivity index (χ0n) is 19.0. The number of aliphatic carboxylic acids is 1. The second kappa shape index (κ2) is 8.43. The summed E-state index contributed by atoms with van der Waals surface area (Å²) in [5.74, 6) is -0.647. The van der Waals surface area contributed by atoms with Crippen LogP contribution in [-0.4, -0.2) is 23.7 Å². The molecule has 1 aliphatic heterocycles. The molecule has 1 saturated carbocycles. The Hall–Kier alpha value is -3.84. The fraction of sp³-hybridized carbons (Fsp3) is 0.250. The minimum Gasteiger partial charge on any atom is -0.481 e. The van der Waals surface area contributed by atoms with Crippen molar-refractivity contribution in [3.05, 3.63) is 83.4 Å². The van der Waals surface area contributed by atoms with Crippen LogP contribution < -0.4 is 15.4 Å². The second-order valence-electron chi connectivity index (χ2n) is 9.22. The molecule has 0 amide bonds. The van der Waals surface area contributed by atoms with Crippen molar-refractivity contribution in [1.82, 2.24) is 0 Å². The summed E-state index contributed by atoms with van der Waals surface area (Å²) < 4.78 is 27.5. The summed E-state index contributed by atoms with van der Waals surface area (Å²) >= 11 is 0. The van der Waals surface area contributed by atoms with Gasteiger partial charge in [0.15, 0.2) is 0 Å². The van der Waals surface area contributed by atoms with E-state index in [1.165, 1.54) is 0 Å². The van der Waals surface area contributed by atoms with Gasteiger partial charge in [0.1, 0.15) is 23.3 Å². The molecule has 4 aromatic rings. The fourth-order valence-corrected chi connectivity index (χ4v) is 5.03. The molecule has 1 aromatic heterocycles. The SMILES string of the molecule is NCc1cccc(-c2cc([C@@H]3CN(C4CC4)c4cccc(CC(=O)O)c4O3)cc3ccoc23)c1F. The minimum absolute atomic E-state index is 0.103. The molecule has 6 nitrogen and oxygen atoms in total. The molecule has 3 N–H and O–H groups in total. The molecule has 3 aromatic carbocycles. The number of nitrogens with zero attached hydrogens (tertiary/aromatic N) is 1. The van der Waals surface area contributed by atoms with Crippen LogP contribution in [0.4, 0.5) is 10.1 Å². The Kier molecular flexibility index (Phi) is 5.22. The number of benzene rings is 3. The molecule has 0 unspecified atom stereocenters. The van der Waals surface area contributed by atoms with Crippen molar-refractivity contribution in [2.75, 3.05) is 11.4 Å². The first-order valence-electron chi connectivity index (χ1n) is 11.8. The zero-order chi connectivity index (χ0) is 24.1. The van der Waals surface area contributed by atoms with E-state index in [1.807, 2.05) is 30.3 Å². The van der Waals surface area contributed by atoms with Crippen LogP contribution in [0.25, 0.3) is 22.1 Å². The summed E-state index contributed by atoms with van der Waals surface area (Å²) in [6, 6.07) is 17.1. The van der Waals surface area contributed by atoms with Crippen LogP contribution in [0, 0.1) is 5.82 Å². The second-order valence-corrected chi connectivity index (χ2v) is 9.22. The molecule has 1 aliphatic carbocycles. The molecule has 35 heavy (non-hydrogen) atoms. The highest BCUT2D eigenvalue weighted by Gasteiger charge is 2.38. The Balaban J connectivity index is 1.48. The number of furan rings is 1. The van der Waals surface area contributed by atoms with Gasteiger partial charge in [-0.15, -0.1) is 0 Å². The Morgan fingerprint density at radius 2 is 1.89 bits per heavy atom. The van der Waals surface area contributed by atoms with Crippen LogP contribution >= 0.6 is 0 Å². The van der Waals surface area contributed by atoms with Gasteiger partial charge in [0.25, 0.3) is 0 Å². The number of para-hydroxylation sites is 1. The smallest absolute Gasteiger partial charge is 0.307 e. The number of ether oxygens (including phenoxy) is 1. The summed E-state index contributed by atoms with van der Waals surface area (Å²) in [5.41, 5.74) is 10.3. The van der Waals surface area contributed by atoms with Gasteiger partial charge in [-0.1, -0.05) is 30.3 Å². The molecule has 2 aliphatic rings. The largest absolute Gasteiger partial charge is 0.481 e. The van der Waals surface area contributed by atoms with Crippen LogP contribution in [0.1, 0.15) is 35.6 Å². The number of carboxylic acid groups (broad SMARTS) is 1. The number of halogens is 1. The average molecular weight is 473 g/mol. The number of anilines is 1. The van der Waals surface area contributed by atoms with E-state index in [1.54, 1.807) is 30.5 Å². The summed E-state index contributed by atoms with van der Waals surface area (Å²) in [6.45, 7) is 0.730. The molecule has 1 fully saturated rings. The summed E-state index contributed by atoms with van der Waals surface area (Å²) in [6.07, 6.45) is 3.33. The lowest BCUT2D eigenvalue weighted by atomic mass is 9.95. The Labute approximate surface area is 201 Å². The predicted molar refractivity (Wildman–Crippen MR) is 131 cm³/mol. The molecule has 0 saturated heterocycles.